The van der Waals surface area contributed by atoms with Crippen LogP contribution in [0.15, 0.2) is 30.5 Å². The van der Waals surface area contributed by atoms with Gasteiger partial charge in [-0.15, -0.1) is 0 Å². The maximum absolute atomic E-state index is 14.7. The van der Waals surface area contributed by atoms with Crippen LogP contribution in [-0.4, -0.2) is 60.7 Å². The summed E-state index contributed by atoms with van der Waals surface area (Å²) in [6.07, 6.45) is 1.09. The third kappa shape index (κ3) is 3.81. The van der Waals surface area contributed by atoms with Gasteiger partial charge in [-0.1, -0.05) is 6.07 Å². The predicted octanol–water partition coefficient (Wildman–Crippen LogP) is 3.15. The van der Waals surface area contributed by atoms with Gasteiger partial charge < -0.3 is 14.5 Å². The van der Waals surface area contributed by atoms with E-state index in [1.807, 2.05) is 20.0 Å². The van der Waals surface area contributed by atoms with Crippen molar-refractivity contribution in [1.29, 1.82) is 0 Å². The van der Waals surface area contributed by atoms with Gasteiger partial charge in [-0.05, 0) is 50.1 Å². The minimum Gasteiger partial charge on any atom is -0.444 e. The van der Waals surface area contributed by atoms with Crippen LogP contribution in [0.25, 0.3) is 0 Å². The number of hydrogen-bond donors (Lipinski definition) is 0. The number of rotatable bonds is 3. The molecule has 2 saturated heterocycles. The first-order valence-corrected chi connectivity index (χ1v) is 10.1. The summed E-state index contributed by atoms with van der Waals surface area (Å²) >= 11 is 0. The minimum atomic E-state index is -0.636. The molecule has 2 aliphatic rings. The molecule has 0 radical (unpaired) electrons. The number of nitrogens with zero attached hydrogens (tertiary/aromatic N) is 4. The molecule has 2 aliphatic heterocycles. The second-order valence-electron chi connectivity index (χ2n) is 7.90. The lowest BCUT2D eigenvalue weighted by molar-refractivity contribution is 0.0742. The van der Waals surface area contributed by atoms with Gasteiger partial charge in [-0.3, -0.25) is 9.69 Å². The third-order valence-corrected chi connectivity index (χ3v) is 5.51. The summed E-state index contributed by atoms with van der Waals surface area (Å²) in [5.41, 5.74) is 2.62. The number of anilines is 2. The highest BCUT2D eigenvalue weighted by Crippen LogP contribution is 2.25. The number of halogens is 1. The zero-order valence-corrected chi connectivity index (χ0v) is 17.4. The molecule has 30 heavy (non-hydrogen) atoms. The van der Waals surface area contributed by atoms with Crippen LogP contribution in [0.3, 0.4) is 0 Å². The van der Waals surface area contributed by atoms with Crippen molar-refractivity contribution < 1.29 is 18.7 Å². The summed E-state index contributed by atoms with van der Waals surface area (Å²) < 4.78 is 19.8. The number of aromatic nitrogens is 1. The van der Waals surface area contributed by atoms with Crippen molar-refractivity contribution in [2.75, 3.05) is 42.5 Å². The van der Waals surface area contributed by atoms with E-state index in [9.17, 15) is 14.0 Å². The second kappa shape index (κ2) is 7.93. The van der Waals surface area contributed by atoms with E-state index < -0.39 is 11.9 Å². The topological polar surface area (TPSA) is 66.0 Å². The summed E-state index contributed by atoms with van der Waals surface area (Å²) in [7, 11) is 0. The Labute approximate surface area is 175 Å². The summed E-state index contributed by atoms with van der Waals surface area (Å²) in [5.74, 6) is -0.0528. The van der Waals surface area contributed by atoms with Crippen LogP contribution in [0.2, 0.25) is 0 Å². The second-order valence-corrected chi connectivity index (χ2v) is 7.90. The van der Waals surface area contributed by atoms with E-state index in [1.54, 1.807) is 17.9 Å². The number of hydrogen-bond acceptors (Lipinski definition) is 5. The SMILES string of the molecule is Cc1cnc(N2CCN(C(=O)c3ccc(N4C[C@H](C)OC4=O)cc3F)CC2)c(C)c1. The van der Waals surface area contributed by atoms with E-state index in [0.717, 1.165) is 16.9 Å². The number of carbonyl (C=O) groups is 2. The zero-order valence-electron chi connectivity index (χ0n) is 17.4. The number of pyridine rings is 1. The van der Waals surface area contributed by atoms with Gasteiger partial charge in [-0.2, -0.15) is 0 Å². The summed E-state index contributed by atoms with van der Waals surface area (Å²) in [4.78, 5) is 34.4. The maximum Gasteiger partial charge on any atom is 0.414 e. The quantitative estimate of drug-likeness (QED) is 0.775. The Balaban J connectivity index is 1.43. The fourth-order valence-electron chi connectivity index (χ4n) is 3.99. The zero-order chi connectivity index (χ0) is 21.4. The monoisotopic (exact) mass is 412 g/mol. The number of aryl methyl sites for hydroxylation is 2. The van der Waals surface area contributed by atoms with Gasteiger partial charge in [0, 0.05) is 32.4 Å². The lowest BCUT2D eigenvalue weighted by Crippen LogP contribution is -2.49. The first-order valence-electron chi connectivity index (χ1n) is 10.1. The number of benzene rings is 1. The Kier molecular flexibility index (Phi) is 5.32. The van der Waals surface area contributed by atoms with Crippen LogP contribution in [0, 0.1) is 19.7 Å². The highest BCUT2D eigenvalue weighted by atomic mass is 19.1. The maximum atomic E-state index is 14.7. The standard InChI is InChI=1S/C22H25FN4O3/c1-14-10-15(2)20(24-12-14)25-6-8-26(9-7-25)21(28)18-5-4-17(11-19(18)23)27-13-16(3)30-22(27)29/h4-5,10-12,16H,6-9,13H2,1-3H3/t16-/m0/s1. The van der Waals surface area contributed by atoms with Crippen LogP contribution in [-0.2, 0) is 4.74 Å². The van der Waals surface area contributed by atoms with Crippen LogP contribution < -0.4 is 9.80 Å². The minimum absolute atomic E-state index is 0.0115. The number of carbonyl (C=O) groups excluding carboxylic acids is 2. The van der Waals surface area contributed by atoms with Crippen molar-refractivity contribution in [2.45, 2.75) is 26.9 Å². The van der Waals surface area contributed by atoms with Crippen molar-refractivity contribution in [3.05, 3.63) is 53.0 Å². The van der Waals surface area contributed by atoms with Crippen LogP contribution >= 0.6 is 0 Å². The fourth-order valence-corrected chi connectivity index (χ4v) is 3.99. The highest BCUT2D eigenvalue weighted by Gasteiger charge is 2.31. The number of piperazine rings is 1. The van der Waals surface area contributed by atoms with Gasteiger partial charge in [-0.25, -0.2) is 14.2 Å². The van der Waals surface area contributed by atoms with Gasteiger partial charge in [0.2, 0.25) is 0 Å². The normalized spacial score (nSPS) is 19.3. The first kappa shape index (κ1) is 20.1. The average Bonchev–Trinajstić information content (AvgIpc) is 3.05. The Hall–Kier alpha value is -3.16. The van der Waals surface area contributed by atoms with Crippen molar-refractivity contribution >= 4 is 23.5 Å². The van der Waals surface area contributed by atoms with Gasteiger partial charge in [0.05, 0.1) is 17.8 Å². The molecule has 0 bridgehead atoms. The molecule has 0 spiro atoms. The molecule has 8 heteroatoms. The predicted molar refractivity (Wildman–Crippen MR) is 112 cm³/mol. The molecule has 158 valence electrons. The van der Waals surface area contributed by atoms with Crippen molar-refractivity contribution in [2.24, 2.45) is 0 Å². The number of amides is 2. The van der Waals surface area contributed by atoms with E-state index in [-0.39, 0.29) is 17.6 Å². The molecule has 7 nitrogen and oxygen atoms in total. The highest BCUT2D eigenvalue weighted by molar-refractivity contribution is 5.96. The van der Waals surface area contributed by atoms with Gasteiger partial charge in [0.15, 0.2) is 0 Å². The molecular weight excluding hydrogens is 387 g/mol. The molecule has 0 N–H and O–H groups in total. The molecule has 2 aromatic rings. The molecule has 4 rings (SSSR count). The molecule has 0 saturated carbocycles. The molecule has 1 aromatic heterocycles. The Morgan fingerprint density at radius 3 is 2.50 bits per heavy atom. The van der Waals surface area contributed by atoms with E-state index in [2.05, 4.69) is 16.0 Å². The third-order valence-electron chi connectivity index (χ3n) is 5.51. The van der Waals surface area contributed by atoms with Gasteiger partial charge in [0.1, 0.15) is 17.7 Å². The largest absolute Gasteiger partial charge is 0.444 e. The van der Waals surface area contributed by atoms with Crippen LogP contribution in [0.4, 0.5) is 20.7 Å². The molecule has 2 amide bonds. The Bertz CT molecular complexity index is 988. The lowest BCUT2D eigenvalue weighted by atomic mass is 10.1. The summed E-state index contributed by atoms with van der Waals surface area (Å²) in [6, 6.07) is 6.35. The van der Waals surface area contributed by atoms with Crippen LogP contribution in [0.5, 0.6) is 0 Å². The average molecular weight is 412 g/mol. The van der Waals surface area contributed by atoms with Crippen LogP contribution in [0.1, 0.15) is 28.4 Å². The first-order chi connectivity index (χ1) is 14.3. The number of ether oxygens (including phenoxy) is 1. The molecule has 0 unspecified atom stereocenters. The Morgan fingerprint density at radius 1 is 1.17 bits per heavy atom. The van der Waals surface area contributed by atoms with Crippen molar-refractivity contribution in [3.63, 3.8) is 0 Å². The van der Waals surface area contributed by atoms with E-state index in [1.165, 1.54) is 17.0 Å². The van der Waals surface area contributed by atoms with E-state index >= 15 is 0 Å². The summed E-state index contributed by atoms with van der Waals surface area (Å²) in [5, 5.41) is 0. The molecule has 1 atom stereocenters. The van der Waals surface area contributed by atoms with Crippen molar-refractivity contribution in [1.82, 2.24) is 9.88 Å². The molecule has 2 fully saturated rings. The molecule has 0 aliphatic carbocycles. The number of cyclic esters (lactones) is 1. The smallest absolute Gasteiger partial charge is 0.414 e. The molecule has 1 aromatic carbocycles. The molecular formula is C22H25FN4O3. The Morgan fingerprint density at radius 2 is 1.90 bits per heavy atom. The fraction of sp³-hybridized carbons (Fsp3) is 0.409. The van der Waals surface area contributed by atoms with E-state index in [0.29, 0.717) is 38.4 Å². The lowest BCUT2D eigenvalue weighted by Gasteiger charge is -2.36. The van der Waals surface area contributed by atoms with Gasteiger partial charge >= 0.3 is 6.09 Å². The molecule has 3 heterocycles. The van der Waals surface area contributed by atoms with E-state index in [4.69, 9.17) is 4.74 Å². The van der Waals surface area contributed by atoms with Gasteiger partial charge in [0.25, 0.3) is 5.91 Å². The summed E-state index contributed by atoms with van der Waals surface area (Å²) in [6.45, 7) is 8.43. The van der Waals surface area contributed by atoms with Crippen molar-refractivity contribution in [3.8, 4) is 0 Å².